The van der Waals surface area contributed by atoms with E-state index in [4.69, 9.17) is 12.6 Å². The van der Waals surface area contributed by atoms with Crippen LogP contribution in [0.4, 0.5) is 0 Å². The van der Waals surface area contributed by atoms with Gasteiger partial charge in [0.1, 0.15) is 8.07 Å². The Morgan fingerprint density at radius 2 is 1.22 bits per heavy atom. The molecule has 0 saturated carbocycles. The van der Waals surface area contributed by atoms with E-state index >= 15 is 0 Å². The van der Waals surface area contributed by atoms with Crippen LogP contribution in [0.5, 0.6) is 0 Å². The van der Waals surface area contributed by atoms with E-state index in [1.54, 1.807) is 5.19 Å². The third-order valence-electron chi connectivity index (χ3n) is 6.39. The van der Waals surface area contributed by atoms with E-state index in [2.05, 4.69) is 97.9 Å². The molecule has 0 aliphatic heterocycles. The Balaban J connectivity index is 2.74. The highest BCUT2D eigenvalue weighted by molar-refractivity contribution is 7.80. The Morgan fingerprint density at radius 3 is 1.59 bits per heavy atom. The molecule has 2 aromatic carbocycles. The van der Waals surface area contributed by atoms with Crippen molar-refractivity contribution in [3.8, 4) is 0 Å². The van der Waals surface area contributed by atoms with Gasteiger partial charge in [-0.25, -0.2) is 0 Å². The second-order valence-corrected chi connectivity index (χ2v) is 16.1. The second kappa shape index (κ2) is 8.17. The van der Waals surface area contributed by atoms with E-state index in [0.717, 1.165) is 12.8 Å². The van der Waals surface area contributed by atoms with Crippen molar-refractivity contribution in [2.75, 3.05) is 0 Å². The summed E-state index contributed by atoms with van der Waals surface area (Å²) >= 11 is 4.83. The quantitative estimate of drug-likeness (QED) is 0.401. The number of thiol groups is 1. The second-order valence-electron chi connectivity index (χ2n) is 9.92. The fourth-order valence-corrected chi connectivity index (χ4v) is 12.4. The van der Waals surface area contributed by atoms with Crippen molar-refractivity contribution in [2.45, 2.75) is 89.2 Å². The third kappa shape index (κ3) is 4.22. The molecule has 0 spiro atoms. The van der Waals surface area contributed by atoms with Gasteiger partial charge in [0.05, 0.1) is 0 Å². The van der Waals surface area contributed by atoms with Crippen LogP contribution >= 0.6 is 12.6 Å². The predicted octanol–water partition coefficient (Wildman–Crippen LogP) is 7.14. The van der Waals surface area contributed by atoms with E-state index in [9.17, 15) is 0 Å². The highest BCUT2D eigenvalue weighted by atomic mass is 32.1. The lowest BCUT2D eigenvalue weighted by Gasteiger charge is -2.53. The van der Waals surface area contributed by atoms with Crippen molar-refractivity contribution < 1.29 is 0 Å². The summed E-state index contributed by atoms with van der Waals surface area (Å²) in [5, 5.41) is 2.09. The highest BCUT2D eigenvalue weighted by Gasteiger charge is 2.53. The first kappa shape index (κ1) is 22.3. The number of rotatable bonds is 5. The van der Waals surface area contributed by atoms with E-state index in [1.807, 2.05) is 0 Å². The molecule has 0 atom stereocenters. The van der Waals surface area contributed by atoms with Crippen LogP contribution < -0.4 is 5.19 Å². The first-order valence-corrected chi connectivity index (χ1v) is 13.0. The average molecular weight is 399 g/mol. The summed E-state index contributed by atoms with van der Waals surface area (Å²) in [6.07, 6.45) is 2.09. The zero-order valence-electron chi connectivity index (χ0n) is 18.6. The largest absolute Gasteiger partial charge is 0.143 e. The molecule has 27 heavy (non-hydrogen) atoms. The Bertz CT molecular complexity index is 724. The maximum absolute atomic E-state index is 4.83. The molecular weight excluding hydrogens is 360 g/mol. The smallest absolute Gasteiger partial charge is 0.102 e. The van der Waals surface area contributed by atoms with Gasteiger partial charge in [-0.1, -0.05) is 103 Å². The first-order valence-electron chi connectivity index (χ1n) is 10.4. The minimum Gasteiger partial charge on any atom is -0.143 e. The number of benzene rings is 2. The molecule has 2 aromatic rings. The molecule has 0 heterocycles. The monoisotopic (exact) mass is 398 g/mol. The molecular formula is C25H38SSi. The van der Waals surface area contributed by atoms with Crippen LogP contribution in [0.15, 0.2) is 47.4 Å². The SMILES string of the molecule is CCc1cc(C[Si](c2ccccc2)(C(C)(C)C)C(C)(C)C)cc(CC)c1S. The topological polar surface area (TPSA) is 0 Å². The molecule has 2 heteroatoms. The summed E-state index contributed by atoms with van der Waals surface area (Å²) in [6.45, 7) is 19.3. The van der Waals surface area contributed by atoms with Gasteiger partial charge < -0.3 is 0 Å². The van der Waals surface area contributed by atoms with Gasteiger partial charge in [0.15, 0.2) is 0 Å². The lowest BCUT2D eigenvalue weighted by Crippen LogP contribution is -2.63. The molecule has 0 aromatic heterocycles. The normalized spacial score (nSPS) is 13.1. The lowest BCUT2D eigenvalue weighted by molar-refractivity contribution is 0.617. The van der Waals surface area contributed by atoms with Crippen molar-refractivity contribution in [1.29, 1.82) is 0 Å². The van der Waals surface area contributed by atoms with Gasteiger partial charge in [-0.2, -0.15) is 0 Å². The Kier molecular flexibility index (Phi) is 6.75. The number of hydrogen-bond acceptors (Lipinski definition) is 1. The summed E-state index contributed by atoms with van der Waals surface area (Å²) in [7, 11) is -1.93. The van der Waals surface area contributed by atoms with Crippen LogP contribution in [-0.2, 0) is 18.9 Å². The Hall–Kier alpha value is -0.993. The van der Waals surface area contributed by atoms with Crippen LogP contribution in [0.1, 0.15) is 72.1 Å². The van der Waals surface area contributed by atoms with Crippen molar-refractivity contribution in [2.24, 2.45) is 0 Å². The molecule has 0 nitrogen and oxygen atoms in total. The van der Waals surface area contributed by atoms with Crippen molar-refractivity contribution >= 4 is 25.9 Å². The summed E-state index contributed by atoms with van der Waals surface area (Å²) in [4.78, 5) is 1.20. The fourth-order valence-electron chi connectivity index (χ4n) is 5.13. The zero-order chi connectivity index (χ0) is 20.5. The zero-order valence-corrected chi connectivity index (χ0v) is 20.5. The van der Waals surface area contributed by atoms with Crippen LogP contribution in [-0.4, -0.2) is 8.07 Å². The molecule has 0 saturated heterocycles. The van der Waals surface area contributed by atoms with E-state index in [-0.39, 0.29) is 10.1 Å². The molecule has 0 fully saturated rings. The highest BCUT2D eigenvalue weighted by Crippen LogP contribution is 2.52. The molecule has 0 aliphatic rings. The minimum absolute atomic E-state index is 0.255. The van der Waals surface area contributed by atoms with Gasteiger partial charge in [-0.3, -0.25) is 0 Å². The number of aryl methyl sites for hydroxylation is 2. The van der Waals surface area contributed by atoms with Crippen LogP contribution in [0.3, 0.4) is 0 Å². The van der Waals surface area contributed by atoms with E-state index in [1.165, 1.54) is 27.6 Å². The molecule has 0 aliphatic carbocycles. The van der Waals surface area contributed by atoms with Gasteiger partial charge in [0.25, 0.3) is 0 Å². The van der Waals surface area contributed by atoms with Crippen molar-refractivity contribution in [3.05, 3.63) is 59.2 Å². The van der Waals surface area contributed by atoms with Crippen LogP contribution in [0.25, 0.3) is 0 Å². The number of hydrogen-bond donors (Lipinski definition) is 1. The summed E-state index contributed by atoms with van der Waals surface area (Å²) in [5.74, 6) is 0. The van der Waals surface area contributed by atoms with Gasteiger partial charge in [0.2, 0.25) is 0 Å². The fraction of sp³-hybridized carbons (Fsp3) is 0.520. The summed E-state index contributed by atoms with van der Waals surface area (Å²) < 4.78 is 0. The Morgan fingerprint density at radius 1 is 0.778 bits per heavy atom. The van der Waals surface area contributed by atoms with Crippen LogP contribution in [0, 0.1) is 0 Å². The van der Waals surface area contributed by atoms with Crippen LogP contribution in [0.2, 0.25) is 10.1 Å². The van der Waals surface area contributed by atoms with Gasteiger partial charge in [0, 0.05) is 4.90 Å². The molecule has 2 rings (SSSR count). The maximum Gasteiger partial charge on any atom is 0.102 e. The third-order valence-corrected chi connectivity index (χ3v) is 14.3. The molecule has 148 valence electrons. The predicted molar refractivity (Wildman–Crippen MR) is 127 cm³/mol. The summed E-state index contributed by atoms with van der Waals surface area (Å²) in [5.41, 5.74) is 4.29. The van der Waals surface area contributed by atoms with Crippen molar-refractivity contribution in [1.82, 2.24) is 0 Å². The maximum atomic E-state index is 4.83. The lowest BCUT2D eigenvalue weighted by atomic mass is 10.0. The molecule has 0 N–H and O–H groups in total. The molecule has 0 unspecified atom stereocenters. The Labute approximate surface area is 174 Å². The summed E-state index contributed by atoms with van der Waals surface area (Å²) in [6, 6.07) is 17.4. The molecule has 0 amide bonds. The van der Waals surface area contributed by atoms with Gasteiger partial charge in [-0.15, -0.1) is 12.6 Å². The van der Waals surface area contributed by atoms with Crippen molar-refractivity contribution in [3.63, 3.8) is 0 Å². The van der Waals surface area contributed by atoms with E-state index < -0.39 is 8.07 Å². The van der Waals surface area contributed by atoms with Gasteiger partial charge >= 0.3 is 0 Å². The standard InChI is InChI=1S/C25H38SSi/c1-9-20-16-19(17-21(10-2)23(20)26)18-27(24(3,4)5,25(6,7)8)22-14-12-11-13-15-22/h11-17,26H,9-10,18H2,1-8H3. The first-order chi connectivity index (χ1) is 12.5. The molecule has 0 bridgehead atoms. The minimum atomic E-state index is -1.93. The van der Waals surface area contributed by atoms with Gasteiger partial charge in [-0.05, 0) is 45.7 Å². The molecule has 0 radical (unpaired) electrons. The average Bonchev–Trinajstić information content (AvgIpc) is 2.59. The van der Waals surface area contributed by atoms with E-state index in [0.29, 0.717) is 0 Å².